The maximum atomic E-state index is 13.0. The summed E-state index contributed by atoms with van der Waals surface area (Å²) in [5.41, 5.74) is 2.05. The lowest BCUT2D eigenvalue weighted by Gasteiger charge is -2.09. The van der Waals surface area contributed by atoms with Crippen LogP contribution in [0.4, 0.5) is 4.39 Å². The Morgan fingerprint density at radius 1 is 1.15 bits per heavy atom. The molecule has 0 spiro atoms. The molecule has 0 fully saturated rings. The summed E-state index contributed by atoms with van der Waals surface area (Å²) >= 11 is 1.43. The molecule has 134 valence electrons. The minimum atomic E-state index is -0.277. The third-order valence-electron chi connectivity index (χ3n) is 3.66. The van der Waals surface area contributed by atoms with Crippen molar-refractivity contribution < 1.29 is 9.13 Å². The molecule has 0 atom stereocenters. The first-order chi connectivity index (χ1) is 12.5. The van der Waals surface area contributed by atoms with Crippen LogP contribution in [0.25, 0.3) is 0 Å². The van der Waals surface area contributed by atoms with Gasteiger partial charge >= 0.3 is 6.01 Å². The number of benzene rings is 1. The summed E-state index contributed by atoms with van der Waals surface area (Å²) in [5.74, 6) is 0.336. The molecule has 0 N–H and O–H groups in total. The molecule has 2 heterocycles. The number of methoxy groups -OCH3 is 1. The maximum Gasteiger partial charge on any atom is 0.316 e. The highest BCUT2D eigenvalue weighted by Crippen LogP contribution is 2.20. The first kappa shape index (κ1) is 18.1. The zero-order chi connectivity index (χ0) is 18.5. The summed E-state index contributed by atoms with van der Waals surface area (Å²) in [6, 6.07) is 6.56. The van der Waals surface area contributed by atoms with Gasteiger partial charge in [0.25, 0.3) is 5.56 Å². The standard InChI is InChI=1S/C18H17FN4O2S/c1-23-10-14(7-13-8-20-17(25-2)21-9-13)16(24)22-18(23)26-11-12-3-5-15(19)6-4-12/h3-6,8-10H,7,11H2,1-2H3. The number of aromatic nitrogens is 4. The van der Waals surface area contributed by atoms with Crippen LogP contribution in [-0.2, 0) is 19.2 Å². The molecule has 26 heavy (non-hydrogen) atoms. The van der Waals surface area contributed by atoms with Gasteiger partial charge in [0.2, 0.25) is 0 Å². The number of rotatable bonds is 6. The molecule has 0 unspecified atom stereocenters. The number of thioether (sulfide) groups is 1. The predicted octanol–water partition coefficient (Wildman–Crippen LogP) is 2.60. The SMILES string of the molecule is COc1ncc(Cc2cn(C)c(SCc3ccc(F)cc3)nc2=O)cn1. The topological polar surface area (TPSA) is 69.9 Å². The highest BCUT2D eigenvalue weighted by atomic mass is 32.2. The van der Waals surface area contributed by atoms with Crippen molar-refractivity contribution in [2.24, 2.45) is 7.05 Å². The van der Waals surface area contributed by atoms with Gasteiger partial charge in [0, 0.05) is 43.4 Å². The lowest BCUT2D eigenvalue weighted by Crippen LogP contribution is -2.18. The van der Waals surface area contributed by atoms with Gasteiger partial charge in [0.05, 0.1) is 7.11 Å². The van der Waals surface area contributed by atoms with Crippen molar-refractivity contribution in [2.45, 2.75) is 17.3 Å². The van der Waals surface area contributed by atoms with Gasteiger partial charge in [-0.25, -0.2) is 14.4 Å². The van der Waals surface area contributed by atoms with Crippen molar-refractivity contribution in [1.29, 1.82) is 0 Å². The van der Waals surface area contributed by atoms with Crippen molar-refractivity contribution in [3.8, 4) is 6.01 Å². The highest BCUT2D eigenvalue weighted by Gasteiger charge is 2.09. The van der Waals surface area contributed by atoms with Crippen LogP contribution in [0.3, 0.4) is 0 Å². The van der Waals surface area contributed by atoms with E-state index < -0.39 is 0 Å². The van der Waals surface area contributed by atoms with E-state index in [4.69, 9.17) is 4.74 Å². The summed E-state index contributed by atoms with van der Waals surface area (Å²) in [7, 11) is 3.34. The van der Waals surface area contributed by atoms with Gasteiger partial charge in [-0.05, 0) is 23.3 Å². The van der Waals surface area contributed by atoms with Crippen LogP contribution in [0.2, 0.25) is 0 Å². The Bertz CT molecular complexity index is 943. The summed E-state index contributed by atoms with van der Waals surface area (Å²) in [4.78, 5) is 24.6. The van der Waals surface area contributed by atoms with Crippen molar-refractivity contribution in [2.75, 3.05) is 7.11 Å². The number of halogens is 1. The lowest BCUT2D eigenvalue weighted by atomic mass is 10.1. The zero-order valence-electron chi connectivity index (χ0n) is 14.3. The fourth-order valence-electron chi connectivity index (χ4n) is 2.33. The van der Waals surface area contributed by atoms with Gasteiger partial charge in [-0.3, -0.25) is 4.79 Å². The van der Waals surface area contributed by atoms with Gasteiger partial charge in [0.1, 0.15) is 5.82 Å². The van der Waals surface area contributed by atoms with E-state index in [1.807, 2.05) is 11.6 Å². The van der Waals surface area contributed by atoms with Crippen LogP contribution in [0, 0.1) is 5.82 Å². The van der Waals surface area contributed by atoms with Gasteiger partial charge in [-0.1, -0.05) is 23.9 Å². The number of nitrogens with zero attached hydrogens (tertiary/aromatic N) is 4. The Labute approximate surface area is 154 Å². The third kappa shape index (κ3) is 4.45. The molecular weight excluding hydrogens is 355 g/mol. The van der Waals surface area contributed by atoms with E-state index in [2.05, 4.69) is 15.0 Å². The Kier molecular flexibility index (Phi) is 5.62. The quantitative estimate of drug-likeness (QED) is 0.489. The summed E-state index contributed by atoms with van der Waals surface area (Å²) in [6.07, 6.45) is 5.42. The first-order valence-corrected chi connectivity index (χ1v) is 8.82. The third-order valence-corrected chi connectivity index (χ3v) is 4.78. The second kappa shape index (κ2) is 8.09. The number of hydrogen-bond donors (Lipinski definition) is 0. The Hall–Kier alpha value is -2.74. The van der Waals surface area contributed by atoms with Crippen molar-refractivity contribution in [3.63, 3.8) is 0 Å². The average molecular weight is 372 g/mol. The van der Waals surface area contributed by atoms with Crippen LogP contribution >= 0.6 is 11.8 Å². The monoisotopic (exact) mass is 372 g/mol. The van der Waals surface area contributed by atoms with E-state index in [1.165, 1.54) is 31.0 Å². The fraction of sp³-hybridized carbons (Fsp3) is 0.222. The molecule has 8 heteroatoms. The molecular formula is C18H17FN4O2S. The molecule has 2 aromatic heterocycles. The lowest BCUT2D eigenvalue weighted by molar-refractivity contribution is 0.379. The first-order valence-electron chi connectivity index (χ1n) is 7.84. The molecule has 3 rings (SSSR count). The van der Waals surface area contributed by atoms with Gasteiger partial charge in [-0.15, -0.1) is 0 Å². The molecule has 0 bridgehead atoms. The number of aryl methyl sites for hydroxylation is 1. The molecule has 0 saturated heterocycles. The molecule has 3 aromatic rings. The molecule has 1 aromatic carbocycles. The summed E-state index contributed by atoms with van der Waals surface area (Å²) in [6.45, 7) is 0. The zero-order valence-corrected chi connectivity index (χ0v) is 15.2. The second-order valence-corrected chi connectivity index (χ2v) is 6.58. The fourth-order valence-corrected chi connectivity index (χ4v) is 3.22. The van der Waals surface area contributed by atoms with E-state index in [9.17, 15) is 9.18 Å². The van der Waals surface area contributed by atoms with Gasteiger partial charge < -0.3 is 9.30 Å². The van der Waals surface area contributed by atoms with Crippen LogP contribution in [0.1, 0.15) is 16.7 Å². The maximum absolute atomic E-state index is 13.0. The van der Waals surface area contributed by atoms with E-state index in [-0.39, 0.29) is 17.4 Å². The molecule has 0 saturated carbocycles. The van der Waals surface area contributed by atoms with Crippen molar-refractivity contribution in [1.82, 2.24) is 19.5 Å². The van der Waals surface area contributed by atoms with Gasteiger partial charge in [-0.2, -0.15) is 4.98 Å². The highest BCUT2D eigenvalue weighted by molar-refractivity contribution is 7.98. The van der Waals surface area contributed by atoms with E-state index in [0.717, 1.165) is 11.1 Å². The number of ether oxygens (including phenoxy) is 1. The molecule has 0 aliphatic rings. The summed E-state index contributed by atoms with van der Waals surface area (Å²) in [5, 5.41) is 0.606. The van der Waals surface area contributed by atoms with Crippen LogP contribution in [0.15, 0.2) is 52.8 Å². The molecule has 6 nitrogen and oxygen atoms in total. The van der Waals surface area contributed by atoms with Crippen LogP contribution < -0.4 is 10.3 Å². The normalized spacial score (nSPS) is 10.7. The Morgan fingerprint density at radius 2 is 1.85 bits per heavy atom. The molecule has 0 amide bonds. The van der Waals surface area contributed by atoms with Crippen molar-refractivity contribution >= 4 is 11.8 Å². The van der Waals surface area contributed by atoms with E-state index in [1.54, 1.807) is 30.7 Å². The minimum absolute atomic E-state index is 0.267. The molecule has 0 radical (unpaired) electrons. The Balaban J connectivity index is 1.72. The Morgan fingerprint density at radius 3 is 2.50 bits per heavy atom. The van der Waals surface area contributed by atoms with Crippen LogP contribution in [0.5, 0.6) is 6.01 Å². The van der Waals surface area contributed by atoms with Gasteiger partial charge in [0.15, 0.2) is 5.16 Å². The second-order valence-electron chi connectivity index (χ2n) is 5.63. The van der Waals surface area contributed by atoms with Crippen molar-refractivity contribution in [3.05, 3.63) is 75.7 Å². The molecule has 0 aliphatic heterocycles. The average Bonchev–Trinajstić information content (AvgIpc) is 2.65. The van der Waals surface area contributed by atoms with E-state index in [0.29, 0.717) is 22.9 Å². The van der Waals surface area contributed by atoms with E-state index >= 15 is 0 Å². The predicted molar refractivity (Wildman–Crippen MR) is 96.8 cm³/mol. The number of hydrogen-bond acceptors (Lipinski definition) is 6. The largest absolute Gasteiger partial charge is 0.467 e. The smallest absolute Gasteiger partial charge is 0.316 e. The molecule has 0 aliphatic carbocycles. The summed E-state index contributed by atoms with van der Waals surface area (Å²) < 4.78 is 19.7. The minimum Gasteiger partial charge on any atom is -0.467 e. The van der Waals surface area contributed by atoms with Crippen LogP contribution in [-0.4, -0.2) is 26.6 Å².